The van der Waals surface area contributed by atoms with Crippen molar-refractivity contribution in [3.05, 3.63) is 125 Å². The quantitative estimate of drug-likeness (QED) is 0.175. The van der Waals surface area contributed by atoms with Gasteiger partial charge in [-0.1, -0.05) is 79.2 Å². The first-order valence-corrected chi connectivity index (χ1v) is 14.7. The smallest absolute Gasteiger partial charge is 0.326 e. The van der Waals surface area contributed by atoms with Crippen molar-refractivity contribution < 1.29 is 24.2 Å². The van der Waals surface area contributed by atoms with E-state index in [1.54, 1.807) is 48.5 Å². The fraction of sp³-hybridized carbons (Fsp3) is 0.250. The Balaban J connectivity index is 1.21. The van der Waals surface area contributed by atoms with Crippen LogP contribution in [0.25, 0.3) is 0 Å². The third-order valence-electron chi connectivity index (χ3n) is 7.91. The summed E-state index contributed by atoms with van der Waals surface area (Å²) in [4.78, 5) is 40.3. The number of anilines is 2. The molecule has 1 saturated carbocycles. The second kappa shape index (κ2) is 13.8. The van der Waals surface area contributed by atoms with Gasteiger partial charge in [-0.25, -0.2) is 4.79 Å². The molecule has 7 nitrogen and oxygen atoms in total. The average molecular weight is 577 g/mol. The van der Waals surface area contributed by atoms with Crippen molar-refractivity contribution in [1.29, 1.82) is 0 Å². The molecular formula is C36H36N2O5. The van der Waals surface area contributed by atoms with Crippen molar-refractivity contribution >= 4 is 29.0 Å². The molecule has 1 aliphatic carbocycles. The molecule has 0 unspecified atom stereocenters. The number of benzene rings is 4. The van der Waals surface area contributed by atoms with Crippen LogP contribution in [0, 0.1) is 12.8 Å². The standard InChI is InChI=1S/C36H36N2O5/c1-25-10-5-8-17-33(25)38(35(40)28-13-9-14-28)22-23-43-29-20-18-26(19-21-29)24-32(36(41)42)37-31-16-7-6-15-30(31)34(39)27-11-3-2-4-12-27/h2-8,10-12,15-21,28,32,37H,9,13-14,22-24H2,1H3,(H,41,42)/t32-/m0/s1. The molecule has 0 aromatic heterocycles. The number of hydrogen-bond donors (Lipinski definition) is 2. The minimum Gasteiger partial charge on any atom is -0.492 e. The Hall–Kier alpha value is -4.91. The van der Waals surface area contributed by atoms with Gasteiger partial charge in [0.15, 0.2) is 5.78 Å². The van der Waals surface area contributed by atoms with Crippen LogP contribution in [0.2, 0.25) is 0 Å². The number of aliphatic carboxylic acids is 1. The monoisotopic (exact) mass is 576 g/mol. The Morgan fingerprint density at radius 3 is 2.23 bits per heavy atom. The van der Waals surface area contributed by atoms with Crippen LogP contribution in [0.5, 0.6) is 5.75 Å². The molecule has 0 heterocycles. The number of rotatable bonds is 13. The van der Waals surface area contributed by atoms with E-state index in [1.165, 1.54) is 0 Å². The molecule has 220 valence electrons. The lowest BCUT2D eigenvalue weighted by atomic mass is 9.84. The van der Waals surface area contributed by atoms with Gasteiger partial charge in [-0.05, 0) is 61.2 Å². The van der Waals surface area contributed by atoms with Gasteiger partial charge in [0.05, 0.1) is 6.54 Å². The molecule has 43 heavy (non-hydrogen) atoms. The molecule has 5 rings (SSSR count). The second-order valence-electron chi connectivity index (χ2n) is 10.9. The largest absolute Gasteiger partial charge is 0.492 e. The van der Waals surface area contributed by atoms with Crippen LogP contribution >= 0.6 is 0 Å². The summed E-state index contributed by atoms with van der Waals surface area (Å²) in [6, 6.07) is 30.1. The zero-order valence-electron chi connectivity index (χ0n) is 24.2. The molecule has 1 atom stereocenters. The molecule has 0 spiro atoms. The van der Waals surface area contributed by atoms with E-state index in [2.05, 4.69) is 5.32 Å². The van der Waals surface area contributed by atoms with Gasteiger partial charge in [-0.2, -0.15) is 0 Å². The third kappa shape index (κ3) is 7.30. The highest BCUT2D eigenvalue weighted by Gasteiger charge is 2.30. The van der Waals surface area contributed by atoms with Gasteiger partial charge < -0.3 is 20.1 Å². The Bertz CT molecular complexity index is 1560. The van der Waals surface area contributed by atoms with Gasteiger partial charge in [-0.15, -0.1) is 0 Å². The summed E-state index contributed by atoms with van der Waals surface area (Å²) in [6.07, 6.45) is 3.17. The maximum absolute atomic E-state index is 13.2. The number of para-hydroxylation sites is 2. The summed E-state index contributed by atoms with van der Waals surface area (Å²) in [5, 5.41) is 13.0. The maximum Gasteiger partial charge on any atom is 0.326 e. The second-order valence-corrected chi connectivity index (χ2v) is 10.9. The lowest BCUT2D eigenvalue weighted by Crippen LogP contribution is -2.41. The number of carbonyl (C=O) groups excluding carboxylic acids is 2. The number of carboxylic acid groups (broad SMARTS) is 1. The molecule has 0 saturated heterocycles. The average Bonchev–Trinajstić information content (AvgIpc) is 2.99. The molecule has 0 bridgehead atoms. The van der Waals surface area contributed by atoms with Crippen molar-refractivity contribution in [2.24, 2.45) is 5.92 Å². The topological polar surface area (TPSA) is 95.9 Å². The molecule has 4 aromatic rings. The molecule has 7 heteroatoms. The maximum atomic E-state index is 13.2. The van der Waals surface area contributed by atoms with E-state index < -0.39 is 12.0 Å². The first kappa shape index (κ1) is 29.6. The number of nitrogens with zero attached hydrogens (tertiary/aromatic N) is 1. The summed E-state index contributed by atoms with van der Waals surface area (Å²) in [6.45, 7) is 2.78. The minimum atomic E-state index is -1.02. The number of carbonyl (C=O) groups is 3. The summed E-state index contributed by atoms with van der Waals surface area (Å²) >= 11 is 0. The van der Waals surface area contributed by atoms with E-state index in [9.17, 15) is 19.5 Å². The van der Waals surface area contributed by atoms with Crippen LogP contribution in [-0.2, 0) is 16.0 Å². The van der Waals surface area contributed by atoms with E-state index in [1.807, 2.05) is 66.4 Å². The van der Waals surface area contributed by atoms with E-state index in [4.69, 9.17) is 4.74 Å². The van der Waals surface area contributed by atoms with Crippen molar-refractivity contribution in [2.45, 2.75) is 38.6 Å². The zero-order chi connectivity index (χ0) is 30.2. The Kier molecular flexibility index (Phi) is 9.52. The van der Waals surface area contributed by atoms with Crippen molar-refractivity contribution in [3.8, 4) is 5.75 Å². The van der Waals surface area contributed by atoms with Crippen LogP contribution in [0.1, 0.15) is 46.3 Å². The molecule has 0 aliphatic heterocycles. The predicted octanol–water partition coefficient (Wildman–Crippen LogP) is 6.55. The lowest BCUT2D eigenvalue weighted by Gasteiger charge is -2.32. The van der Waals surface area contributed by atoms with Gasteiger partial charge >= 0.3 is 5.97 Å². The highest BCUT2D eigenvalue weighted by molar-refractivity contribution is 6.12. The number of ether oxygens (including phenoxy) is 1. The van der Waals surface area contributed by atoms with Crippen LogP contribution in [0.3, 0.4) is 0 Å². The Morgan fingerprint density at radius 2 is 1.56 bits per heavy atom. The molecule has 2 N–H and O–H groups in total. The molecule has 1 amide bonds. The van der Waals surface area contributed by atoms with Crippen LogP contribution in [-0.4, -0.2) is 42.0 Å². The summed E-state index contributed by atoms with van der Waals surface area (Å²) in [7, 11) is 0. The summed E-state index contributed by atoms with van der Waals surface area (Å²) < 4.78 is 6.00. The highest BCUT2D eigenvalue weighted by atomic mass is 16.5. The van der Waals surface area contributed by atoms with Crippen molar-refractivity contribution in [3.63, 3.8) is 0 Å². The van der Waals surface area contributed by atoms with Gasteiger partial charge in [0.1, 0.15) is 18.4 Å². The van der Waals surface area contributed by atoms with Crippen LogP contribution in [0.4, 0.5) is 11.4 Å². The van der Waals surface area contributed by atoms with Crippen molar-refractivity contribution in [2.75, 3.05) is 23.4 Å². The fourth-order valence-electron chi connectivity index (χ4n) is 5.24. The fourth-order valence-corrected chi connectivity index (χ4v) is 5.24. The van der Waals surface area contributed by atoms with Gasteiger partial charge in [0.2, 0.25) is 5.91 Å². The van der Waals surface area contributed by atoms with Crippen molar-refractivity contribution in [1.82, 2.24) is 0 Å². The third-order valence-corrected chi connectivity index (χ3v) is 7.91. The zero-order valence-corrected chi connectivity index (χ0v) is 24.2. The number of carboxylic acids is 1. The number of aryl methyl sites for hydroxylation is 1. The van der Waals surface area contributed by atoms with E-state index in [0.717, 1.165) is 36.1 Å². The first-order valence-electron chi connectivity index (χ1n) is 14.7. The van der Waals surface area contributed by atoms with E-state index in [-0.39, 0.29) is 24.0 Å². The Labute approximate surface area is 252 Å². The molecule has 1 aliphatic rings. The number of nitrogens with one attached hydrogen (secondary N) is 1. The molecule has 1 fully saturated rings. The lowest BCUT2D eigenvalue weighted by molar-refractivity contribution is -0.137. The van der Waals surface area contributed by atoms with E-state index >= 15 is 0 Å². The van der Waals surface area contributed by atoms with Gasteiger partial charge in [-0.3, -0.25) is 9.59 Å². The van der Waals surface area contributed by atoms with E-state index in [0.29, 0.717) is 35.7 Å². The summed E-state index contributed by atoms with van der Waals surface area (Å²) in [5.41, 5.74) is 4.19. The predicted molar refractivity (Wildman–Crippen MR) is 168 cm³/mol. The van der Waals surface area contributed by atoms with Gasteiger partial charge in [0, 0.05) is 34.8 Å². The van der Waals surface area contributed by atoms with Crippen LogP contribution in [0.15, 0.2) is 103 Å². The number of hydrogen-bond acceptors (Lipinski definition) is 5. The highest BCUT2D eigenvalue weighted by Crippen LogP contribution is 2.31. The van der Waals surface area contributed by atoms with Crippen LogP contribution < -0.4 is 15.0 Å². The van der Waals surface area contributed by atoms with Gasteiger partial charge in [0.25, 0.3) is 0 Å². The molecule has 0 radical (unpaired) electrons. The first-order chi connectivity index (χ1) is 20.9. The Morgan fingerprint density at radius 1 is 0.884 bits per heavy atom. The molecule has 4 aromatic carbocycles. The minimum absolute atomic E-state index is 0.0816. The molecular weight excluding hydrogens is 540 g/mol. The number of ketones is 1. The number of amides is 1. The SMILES string of the molecule is Cc1ccccc1N(CCOc1ccc(C[C@H](Nc2ccccc2C(=O)c2ccccc2)C(=O)O)cc1)C(=O)C1CCC1. The normalized spacial score (nSPS) is 13.4. The summed E-state index contributed by atoms with van der Waals surface area (Å²) in [5.74, 6) is -0.320.